The number of hydrogen-bond acceptors (Lipinski definition) is 5. The molecule has 3 aromatic rings. The van der Waals surface area contributed by atoms with Crippen LogP contribution in [0.25, 0.3) is 11.0 Å². The summed E-state index contributed by atoms with van der Waals surface area (Å²) in [7, 11) is 1.84. The number of fused-ring (bicyclic) bond motifs is 1. The molecule has 3 heterocycles. The molecule has 0 aromatic carbocycles. The number of anilines is 1. The number of nitrogens with one attached hydrogen (secondary N) is 1. The van der Waals surface area contributed by atoms with Gasteiger partial charge in [-0.2, -0.15) is 5.10 Å². The Kier molecular flexibility index (Phi) is 3.86. The Morgan fingerprint density at radius 3 is 2.73 bits per heavy atom. The molecule has 1 N–H and O–H groups in total. The van der Waals surface area contributed by atoms with Gasteiger partial charge in [0.1, 0.15) is 16.4 Å². The molecule has 0 aliphatic carbocycles. The van der Waals surface area contributed by atoms with Crippen molar-refractivity contribution in [2.75, 3.05) is 5.32 Å². The second kappa shape index (κ2) is 5.68. The predicted octanol–water partition coefficient (Wildman–Crippen LogP) is 2.82. The molecule has 0 radical (unpaired) electrons. The molecule has 8 heteroatoms. The van der Waals surface area contributed by atoms with E-state index in [2.05, 4.69) is 55.3 Å². The lowest BCUT2D eigenvalue weighted by Crippen LogP contribution is -2.08. The van der Waals surface area contributed by atoms with Gasteiger partial charge in [-0.3, -0.25) is 9.36 Å². The average Bonchev–Trinajstić information content (AvgIpc) is 3.01. The molecule has 116 valence electrons. The first-order chi connectivity index (χ1) is 10.5. The normalized spacial score (nSPS) is 11.5. The van der Waals surface area contributed by atoms with Crippen LogP contribution >= 0.6 is 15.9 Å². The van der Waals surface area contributed by atoms with E-state index in [-0.39, 0.29) is 6.04 Å². The Labute approximate surface area is 136 Å². The Morgan fingerprint density at radius 1 is 1.32 bits per heavy atom. The number of rotatable bonds is 4. The van der Waals surface area contributed by atoms with Gasteiger partial charge in [0.05, 0.1) is 11.2 Å². The van der Waals surface area contributed by atoms with Crippen LogP contribution in [0.3, 0.4) is 0 Å². The van der Waals surface area contributed by atoms with Gasteiger partial charge in [-0.1, -0.05) is 0 Å². The quantitative estimate of drug-likeness (QED) is 0.721. The predicted molar refractivity (Wildman–Crippen MR) is 88.7 cm³/mol. The topological polar surface area (TPSA) is 73.5 Å². The number of halogens is 1. The van der Waals surface area contributed by atoms with Gasteiger partial charge in [0.15, 0.2) is 0 Å². The molecule has 0 amide bonds. The molecule has 0 bridgehead atoms. The van der Waals surface area contributed by atoms with Gasteiger partial charge in [-0.25, -0.2) is 9.97 Å². The number of pyridine rings is 1. The molecule has 7 nitrogen and oxygen atoms in total. The SMILES string of the molecule is Cc1nn(C(C)C)c2c(CNc3ncn(C)n3)cc(Br)nc12. The zero-order chi connectivity index (χ0) is 15.9. The minimum atomic E-state index is 0.269. The smallest absolute Gasteiger partial charge is 0.242 e. The third-order valence-corrected chi connectivity index (χ3v) is 3.80. The van der Waals surface area contributed by atoms with Crippen LogP contribution in [0.2, 0.25) is 0 Å². The first-order valence-electron chi connectivity index (χ1n) is 7.09. The highest BCUT2D eigenvalue weighted by Crippen LogP contribution is 2.26. The van der Waals surface area contributed by atoms with Crippen molar-refractivity contribution in [1.29, 1.82) is 0 Å². The number of aromatic nitrogens is 6. The van der Waals surface area contributed by atoms with E-state index in [4.69, 9.17) is 0 Å². The maximum Gasteiger partial charge on any atom is 0.242 e. The highest BCUT2D eigenvalue weighted by atomic mass is 79.9. The number of nitrogens with zero attached hydrogens (tertiary/aromatic N) is 6. The molecular formula is C14H18BrN7. The summed E-state index contributed by atoms with van der Waals surface area (Å²) in [6.07, 6.45) is 1.67. The van der Waals surface area contributed by atoms with Crippen molar-refractivity contribution in [2.24, 2.45) is 7.05 Å². The monoisotopic (exact) mass is 363 g/mol. The zero-order valence-electron chi connectivity index (χ0n) is 13.0. The van der Waals surface area contributed by atoms with E-state index >= 15 is 0 Å². The molecule has 0 spiro atoms. The summed E-state index contributed by atoms with van der Waals surface area (Å²) in [6.45, 7) is 6.83. The molecule has 0 saturated heterocycles. The van der Waals surface area contributed by atoms with Crippen LogP contribution in [0, 0.1) is 6.92 Å². The second-order valence-corrected chi connectivity index (χ2v) is 6.33. The van der Waals surface area contributed by atoms with E-state index in [0.29, 0.717) is 12.5 Å². The Morgan fingerprint density at radius 2 is 2.09 bits per heavy atom. The Hall–Kier alpha value is -1.96. The summed E-state index contributed by atoms with van der Waals surface area (Å²) < 4.78 is 4.49. The van der Waals surface area contributed by atoms with E-state index < -0.39 is 0 Å². The summed E-state index contributed by atoms with van der Waals surface area (Å²) in [5.74, 6) is 0.607. The molecule has 3 aromatic heterocycles. The van der Waals surface area contributed by atoms with E-state index in [1.165, 1.54) is 0 Å². The minimum Gasteiger partial charge on any atom is -0.349 e. The van der Waals surface area contributed by atoms with Crippen molar-refractivity contribution in [1.82, 2.24) is 29.5 Å². The minimum absolute atomic E-state index is 0.269. The van der Waals surface area contributed by atoms with E-state index in [1.807, 2.05) is 24.7 Å². The Balaban J connectivity index is 2.03. The summed E-state index contributed by atoms with van der Waals surface area (Å²) in [4.78, 5) is 8.76. The maximum atomic E-state index is 4.62. The lowest BCUT2D eigenvalue weighted by Gasteiger charge is -2.11. The second-order valence-electron chi connectivity index (χ2n) is 5.52. The molecule has 0 unspecified atom stereocenters. The first-order valence-corrected chi connectivity index (χ1v) is 7.88. The highest BCUT2D eigenvalue weighted by Gasteiger charge is 2.16. The molecular weight excluding hydrogens is 346 g/mol. The van der Waals surface area contributed by atoms with E-state index in [1.54, 1.807) is 11.0 Å². The summed E-state index contributed by atoms with van der Waals surface area (Å²) >= 11 is 3.48. The third-order valence-electron chi connectivity index (χ3n) is 3.40. The lowest BCUT2D eigenvalue weighted by molar-refractivity contribution is 0.545. The summed E-state index contributed by atoms with van der Waals surface area (Å²) in [6, 6.07) is 2.28. The van der Waals surface area contributed by atoms with Crippen LogP contribution < -0.4 is 5.32 Å². The van der Waals surface area contributed by atoms with Crippen LogP contribution in [0.4, 0.5) is 5.95 Å². The molecule has 3 rings (SSSR count). The van der Waals surface area contributed by atoms with Crippen LogP contribution in [-0.2, 0) is 13.6 Å². The molecule has 0 aliphatic heterocycles. The third kappa shape index (κ3) is 2.70. The van der Waals surface area contributed by atoms with Gasteiger partial charge in [-0.15, -0.1) is 5.10 Å². The fourth-order valence-electron chi connectivity index (χ4n) is 2.43. The van der Waals surface area contributed by atoms with Crippen LogP contribution in [0.1, 0.15) is 31.1 Å². The van der Waals surface area contributed by atoms with Crippen molar-refractivity contribution in [3.05, 3.63) is 28.3 Å². The summed E-state index contributed by atoms with van der Waals surface area (Å²) in [5.41, 5.74) is 4.02. The summed E-state index contributed by atoms with van der Waals surface area (Å²) in [5, 5.41) is 12.1. The van der Waals surface area contributed by atoms with Crippen molar-refractivity contribution < 1.29 is 0 Å². The van der Waals surface area contributed by atoms with E-state index in [0.717, 1.165) is 26.9 Å². The fraction of sp³-hybridized carbons (Fsp3) is 0.429. The van der Waals surface area contributed by atoms with Crippen molar-refractivity contribution >= 4 is 32.9 Å². The Bertz CT molecular complexity index is 818. The van der Waals surface area contributed by atoms with Gasteiger partial charge >= 0.3 is 0 Å². The number of hydrogen-bond donors (Lipinski definition) is 1. The first kappa shape index (κ1) is 15.0. The zero-order valence-corrected chi connectivity index (χ0v) is 14.6. The van der Waals surface area contributed by atoms with Crippen molar-refractivity contribution in [2.45, 2.75) is 33.4 Å². The maximum absolute atomic E-state index is 4.62. The molecule has 22 heavy (non-hydrogen) atoms. The van der Waals surface area contributed by atoms with Gasteiger partial charge in [0.25, 0.3) is 0 Å². The standard InChI is InChI=1S/C14H18BrN7/c1-8(2)22-13-10(6-16-14-17-7-21(4)20-14)5-11(15)18-12(13)9(3)19-22/h5,7-8H,6H2,1-4H3,(H,16,20). The van der Waals surface area contributed by atoms with Gasteiger partial charge < -0.3 is 5.32 Å². The van der Waals surface area contributed by atoms with Gasteiger partial charge in [0.2, 0.25) is 5.95 Å². The van der Waals surface area contributed by atoms with Crippen LogP contribution in [0.5, 0.6) is 0 Å². The molecule has 0 saturated carbocycles. The molecule has 0 atom stereocenters. The van der Waals surface area contributed by atoms with Crippen molar-refractivity contribution in [3.63, 3.8) is 0 Å². The number of aryl methyl sites for hydroxylation is 2. The van der Waals surface area contributed by atoms with Gasteiger partial charge in [0, 0.05) is 25.2 Å². The molecule has 0 aliphatic rings. The van der Waals surface area contributed by atoms with Crippen LogP contribution in [-0.4, -0.2) is 29.5 Å². The van der Waals surface area contributed by atoms with E-state index in [9.17, 15) is 0 Å². The van der Waals surface area contributed by atoms with Crippen molar-refractivity contribution in [3.8, 4) is 0 Å². The lowest BCUT2D eigenvalue weighted by atomic mass is 10.2. The molecule has 0 fully saturated rings. The fourth-order valence-corrected chi connectivity index (χ4v) is 2.88. The highest BCUT2D eigenvalue weighted by molar-refractivity contribution is 9.10. The largest absolute Gasteiger partial charge is 0.349 e. The van der Waals surface area contributed by atoms with Gasteiger partial charge in [-0.05, 0) is 42.8 Å². The van der Waals surface area contributed by atoms with Crippen LogP contribution in [0.15, 0.2) is 17.0 Å². The average molecular weight is 364 g/mol.